The predicted octanol–water partition coefficient (Wildman–Crippen LogP) is 2.06. The zero-order valence-corrected chi connectivity index (χ0v) is 16.8. The highest BCUT2D eigenvalue weighted by Gasteiger charge is 2.25. The second-order valence-electron chi connectivity index (χ2n) is 7.47. The lowest BCUT2D eigenvalue weighted by molar-refractivity contribution is -0.132. The molecule has 26 heavy (non-hydrogen) atoms. The number of carbonyl (C=O) groups excluding carboxylic acids is 1. The molecule has 2 rings (SSSR count). The molecule has 0 radical (unpaired) electrons. The summed E-state index contributed by atoms with van der Waals surface area (Å²) in [4.78, 5) is 14.4. The fraction of sp³-hybridized carbons (Fsp3) is 0.632. The van der Waals surface area contributed by atoms with Crippen molar-refractivity contribution in [2.45, 2.75) is 56.9 Å². The molecule has 1 fully saturated rings. The molecule has 1 aliphatic rings. The SMILES string of the molecule is CC(C)c1ccc(S(=O)(=O)NCCC(=O)N2CCC[C@@H]([C@H](C)N)C2)cc1. The van der Waals surface area contributed by atoms with Crippen LogP contribution in [0.5, 0.6) is 0 Å². The van der Waals surface area contributed by atoms with Gasteiger partial charge in [0.2, 0.25) is 15.9 Å². The van der Waals surface area contributed by atoms with Crippen LogP contribution in [-0.2, 0) is 14.8 Å². The molecule has 6 nitrogen and oxygen atoms in total. The number of carbonyl (C=O) groups is 1. The lowest BCUT2D eigenvalue weighted by Crippen LogP contribution is -2.45. The number of nitrogens with zero attached hydrogens (tertiary/aromatic N) is 1. The lowest BCUT2D eigenvalue weighted by Gasteiger charge is -2.34. The second kappa shape index (κ2) is 8.97. The highest BCUT2D eigenvalue weighted by Crippen LogP contribution is 2.20. The van der Waals surface area contributed by atoms with E-state index in [1.165, 1.54) is 0 Å². The number of piperidine rings is 1. The van der Waals surface area contributed by atoms with E-state index in [2.05, 4.69) is 18.6 Å². The fourth-order valence-electron chi connectivity index (χ4n) is 3.23. The van der Waals surface area contributed by atoms with Crippen molar-refractivity contribution in [3.63, 3.8) is 0 Å². The minimum absolute atomic E-state index is 0.0202. The first-order valence-electron chi connectivity index (χ1n) is 9.33. The Balaban J connectivity index is 1.86. The van der Waals surface area contributed by atoms with E-state index in [1.807, 2.05) is 24.0 Å². The van der Waals surface area contributed by atoms with Crippen LogP contribution in [0.3, 0.4) is 0 Å². The number of nitrogens with two attached hydrogens (primary N) is 1. The highest BCUT2D eigenvalue weighted by molar-refractivity contribution is 7.89. The first-order valence-corrected chi connectivity index (χ1v) is 10.8. The number of hydrogen-bond acceptors (Lipinski definition) is 4. The molecule has 146 valence electrons. The summed E-state index contributed by atoms with van der Waals surface area (Å²) in [6, 6.07) is 6.94. The van der Waals surface area contributed by atoms with Crippen LogP contribution in [0.25, 0.3) is 0 Å². The van der Waals surface area contributed by atoms with Gasteiger partial charge in [-0.2, -0.15) is 0 Å². The highest BCUT2D eigenvalue weighted by atomic mass is 32.2. The van der Waals surface area contributed by atoms with Gasteiger partial charge < -0.3 is 10.6 Å². The maximum absolute atomic E-state index is 12.4. The van der Waals surface area contributed by atoms with Crippen molar-refractivity contribution in [2.24, 2.45) is 11.7 Å². The topological polar surface area (TPSA) is 92.5 Å². The van der Waals surface area contributed by atoms with Gasteiger partial charge in [-0.25, -0.2) is 13.1 Å². The van der Waals surface area contributed by atoms with E-state index in [1.54, 1.807) is 12.1 Å². The van der Waals surface area contributed by atoms with Crippen molar-refractivity contribution in [3.8, 4) is 0 Å². The van der Waals surface area contributed by atoms with Crippen LogP contribution in [0.4, 0.5) is 0 Å². The first kappa shape index (κ1) is 20.9. The molecule has 0 bridgehead atoms. The van der Waals surface area contributed by atoms with Crippen molar-refractivity contribution < 1.29 is 13.2 Å². The van der Waals surface area contributed by atoms with Gasteiger partial charge in [0.15, 0.2) is 0 Å². The number of nitrogens with one attached hydrogen (secondary N) is 1. The molecule has 1 amide bonds. The minimum Gasteiger partial charge on any atom is -0.342 e. The van der Waals surface area contributed by atoms with Gasteiger partial charge in [-0.05, 0) is 49.3 Å². The van der Waals surface area contributed by atoms with Crippen LogP contribution in [0.2, 0.25) is 0 Å². The molecule has 2 atom stereocenters. The Kier molecular flexibility index (Phi) is 7.20. The largest absolute Gasteiger partial charge is 0.342 e. The third kappa shape index (κ3) is 5.53. The predicted molar refractivity (Wildman–Crippen MR) is 103 cm³/mol. The number of rotatable bonds is 7. The molecule has 3 N–H and O–H groups in total. The first-order chi connectivity index (χ1) is 12.2. The number of benzene rings is 1. The molecule has 0 aromatic heterocycles. The summed E-state index contributed by atoms with van der Waals surface area (Å²) in [5.41, 5.74) is 7.04. The zero-order chi connectivity index (χ0) is 19.3. The molecule has 0 aliphatic carbocycles. The quantitative estimate of drug-likeness (QED) is 0.756. The van der Waals surface area contributed by atoms with Gasteiger partial charge in [-0.1, -0.05) is 26.0 Å². The molecule has 1 aromatic carbocycles. The molecule has 1 aliphatic heterocycles. The molecular weight excluding hydrogens is 350 g/mol. The van der Waals surface area contributed by atoms with Gasteiger partial charge in [0.05, 0.1) is 4.90 Å². The monoisotopic (exact) mass is 381 g/mol. The van der Waals surface area contributed by atoms with E-state index in [0.717, 1.165) is 24.9 Å². The average Bonchev–Trinajstić information content (AvgIpc) is 2.61. The van der Waals surface area contributed by atoms with E-state index in [-0.39, 0.29) is 29.8 Å². The van der Waals surface area contributed by atoms with Crippen LogP contribution >= 0.6 is 0 Å². The Bertz CT molecular complexity index is 699. The van der Waals surface area contributed by atoms with Crippen LogP contribution in [0.1, 0.15) is 51.5 Å². The number of hydrogen-bond donors (Lipinski definition) is 2. The number of sulfonamides is 1. The maximum Gasteiger partial charge on any atom is 0.240 e. The van der Waals surface area contributed by atoms with E-state index >= 15 is 0 Å². The molecule has 0 spiro atoms. The molecule has 0 saturated carbocycles. The smallest absolute Gasteiger partial charge is 0.240 e. The summed E-state index contributed by atoms with van der Waals surface area (Å²) < 4.78 is 27.2. The Hall–Kier alpha value is -1.44. The van der Waals surface area contributed by atoms with Crippen molar-refractivity contribution in [1.29, 1.82) is 0 Å². The average molecular weight is 382 g/mol. The number of amides is 1. The van der Waals surface area contributed by atoms with E-state index in [0.29, 0.717) is 18.4 Å². The maximum atomic E-state index is 12.4. The van der Waals surface area contributed by atoms with Gasteiger partial charge >= 0.3 is 0 Å². The summed E-state index contributed by atoms with van der Waals surface area (Å²) in [6.45, 7) is 7.59. The van der Waals surface area contributed by atoms with Gasteiger partial charge in [-0.3, -0.25) is 4.79 Å². The standard InChI is InChI=1S/C19H31N3O3S/c1-14(2)16-6-8-18(9-7-16)26(24,25)21-11-10-19(23)22-12-4-5-17(13-22)15(3)20/h6-9,14-15,17,21H,4-5,10-13,20H2,1-3H3/t15-,17+/m0/s1. The second-order valence-corrected chi connectivity index (χ2v) is 9.24. The molecule has 1 aromatic rings. The van der Waals surface area contributed by atoms with Gasteiger partial charge in [0.1, 0.15) is 0 Å². The van der Waals surface area contributed by atoms with Crippen molar-refractivity contribution in [1.82, 2.24) is 9.62 Å². The molecule has 7 heteroatoms. The van der Waals surface area contributed by atoms with Crippen molar-refractivity contribution in [2.75, 3.05) is 19.6 Å². The Labute approximate surface area is 157 Å². The van der Waals surface area contributed by atoms with E-state index in [4.69, 9.17) is 5.73 Å². The third-order valence-corrected chi connectivity index (χ3v) is 6.52. The fourth-order valence-corrected chi connectivity index (χ4v) is 4.26. The van der Waals surface area contributed by atoms with Gasteiger partial charge in [0, 0.05) is 32.1 Å². The lowest BCUT2D eigenvalue weighted by atomic mass is 9.92. The van der Waals surface area contributed by atoms with Crippen LogP contribution in [-0.4, -0.2) is 44.9 Å². The molecular formula is C19H31N3O3S. The van der Waals surface area contributed by atoms with Gasteiger partial charge in [-0.15, -0.1) is 0 Å². The molecule has 0 unspecified atom stereocenters. The summed E-state index contributed by atoms with van der Waals surface area (Å²) >= 11 is 0. The number of likely N-dealkylation sites (tertiary alicyclic amines) is 1. The van der Waals surface area contributed by atoms with Crippen molar-refractivity contribution in [3.05, 3.63) is 29.8 Å². The van der Waals surface area contributed by atoms with Crippen LogP contribution in [0, 0.1) is 5.92 Å². The van der Waals surface area contributed by atoms with E-state index < -0.39 is 10.0 Å². The Morgan fingerprint density at radius 3 is 2.50 bits per heavy atom. The van der Waals surface area contributed by atoms with Crippen LogP contribution in [0.15, 0.2) is 29.2 Å². The summed E-state index contributed by atoms with van der Waals surface area (Å²) in [7, 11) is -3.59. The van der Waals surface area contributed by atoms with E-state index in [9.17, 15) is 13.2 Å². The molecule has 1 heterocycles. The summed E-state index contributed by atoms with van der Waals surface area (Å²) in [6.07, 6.45) is 2.15. The Morgan fingerprint density at radius 2 is 1.92 bits per heavy atom. The van der Waals surface area contributed by atoms with Crippen LogP contribution < -0.4 is 10.5 Å². The minimum atomic E-state index is -3.59. The third-order valence-electron chi connectivity index (χ3n) is 5.04. The normalized spacial score (nSPS) is 19.6. The Morgan fingerprint density at radius 1 is 1.27 bits per heavy atom. The van der Waals surface area contributed by atoms with Gasteiger partial charge in [0.25, 0.3) is 0 Å². The summed E-state index contributed by atoms with van der Waals surface area (Å²) in [5.74, 6) is 0.652. The summed E-state index contributed by atoms with van der Waals surface area (Å²) in [5, 5.41) is 0. The molecule has 1 saturated heterocycles. The van der Waals surface area contributed by atoms with Crippen molar-refractivity contribution >= 4 is 15.9 Å². The zero-order valence-electron chi connectivity index (χ0n) is 15.9.